The number of benzene rings is 4. The molecule has 0 saturated heterocycles. The minimum absolute atomic E-state index is 1.10. The third-order valence-corrected chi connectivity index (χ3v) is 14.9. The number of aryl methyl sites for hydroxylation is 2. The van der Waals surface area contributed by atoms with Crippen LogP contribution in [-0.4, -0.2) is 28.2 Å². The van der Waals surface area contributed by atoms with Crippen molar-refractivity contribution < 1.29 is 4.80 Å². The zero-order valence-electron chi connectivity index (χ0n) is 17.3. The summed E-state index contributed by atoms with van der Waals surface area (Å²) in [4.78, 5) is 11.3. The van der Waals surface area contributed by atoms with Gasteiger partial charge in [-0.1, -0.05) is 0 Å². The van der Waals surface area contributed by atoms with Crippen LogP contribution in [0.1, 0.15) is 11.1 Å². The van der Waals surface area contributed by atoms with Gasteiger partial charge in [0.25, 0.3) is 0 Å². The summed E-state index contributed by atoms with van der Waals surface area (Å²) in [5.74, 6) is 0. The molecule has 0 spiro atoms. The molecular formula is C26H25OPSeSi. The summed E-state index contributed by atoms with van der Waals surface area (Å²) in [5, 5.41) is 7.88. The molecule has 0 atom stereocenters. The first-order valence-corrected chi connectivity index (χ1v) is 17.4. The Balaban J connectivity index is 1.95. The topological polar surface area (TPSA) is 20.2 Å². The van der Waals surface area contributed by atoms with E-state index in [2.05, 4.69) is 100 Å². The molecule has 1 aliphatic carbocycles. The molecule has 30 heavy (non-hydrogen) atoms. The molecule has 4 heteroatoms. The first-order valence-electron chi connectivity index (χ1n) is 10.4. The van der Waals surface area contributed by atoms with Gasteiger partial charge in [0.1, 0.15) is 0 Å². The fourth-order valence-corrected chi connectivity index (χ4v) is 11.6. The average Bonchev–Trinajstić information content (AvgIpc) is 3.19. The second-order valence-electron chi connectivity index (χ2n) is 8.61. The normalized spacial score (nSPS) is 13.7. The number of hydrogen-bond acceptors (Lipinski definition) is 1. The Labute approximate surface area is 187 Å². The Kier molecular flexibility index (Phi) is 5.01. The van der Waals surface area contributed by atoms with Crippen LogP contribution in [0, 0.1) is 0 Å². The molecule has 0 saturated carbocycles. The molecule has 0 heterocycles. The van der Waals surface area contributed by atoms with Gasteiger partial charge in [-0.3, -0.25) is 0 Å². The van der Waals surface area contributed by atoms with Crippen LogP contribution in [0.15, 0.2) is 84.9 Å². The third kappa shape index (κ3) is 3.12. The molecule has 0 unspecified atom stereocenters. The zero-order chi connectivity index (χ0) is 20.9. The average molecular weight is 492 g/mol. The van der Waals surface area contributed by atoms with Gasteiger partial charge in [-0.25, -0.2) is 0 Å². The van der Waals surface area contributed by atoms with E-state index >= 15 is 0 Å². The Morgan fingerprint density at radius 1 is 0.700 bits per heavy atom. The monoisotopic (exact) mass is 492 g/mol. The van der Waals surface area contributed by atoms with Crippen LogP contribution in [0.5, 0.6) is 0 Å². The fourth-order valence-electron chi connectivity index (χ4n) is 4.79. The Hall–Kier alpha value is -1.73. The molecule has 1 N–H and O–H groups in total. The minimum atomic E-state index is -2.52. The van der Waals surface area contributed by atoms with Crippen molar-refractivity contribution in [3.05, 3.63) is 96.1 Å². The van der Waals surface area contributed by atoms with E-state index in [9.17, 15) is 4.80 Å². The van der Waals surface area contributed by atoms with Gasteiger partial charge in [-0.05, 0) is 0 Å². The van der Waals surface area contributed by atoms with Crippen LogP contribution in [0.25, 0.3) is 10.8 Å². The van der Waals surface area contributed by atoms with E-state index in [1.165, 1.54) is 37.8 Å². The van der Waals surface area contributed by atoms with Crippen molar-refractivity contribution in [2.24, 2.45) is 0 Å². The van der Waals surface area contributed by atoms with E-state index in [1.54, 1.807) is 0 Å². The van der Waals surface area contributed by atoms with Crippen molar-refractivity contribution >= 4 is 60.8 Å². The van der Waals surface area contributed by atoms with Gasteiger partial charge in [0, 0.05) is 0 Å². The third-order valence-electron chi connectivity index (χ3n) is 6.21. The van der Waals surface area contributed by atoms with Crippen molar-refractivity contribution in [1.29, 1.82) is 0 Å². The Morgan fingerprint density at radius 2 is 1.20 bits per heavy atom. The van der Waals surface area contributed by atoms with Gasteiger partial charge < -0.3 is 0 Å². The predicted octanol–water partition coefficient (Wildman–Crippen LogP) is 3.72. The van der Waals surface area contributed by atoms with E-state index in [1.807, 2.05) is 13.1 Å². The van der Waals surface area contributed by atoms with Gasteiger partial charge >= 0.3 is 188 Å². The summed E-state index contributed by atoms with van der Waals surface area (Å²) in [7, 11) is -2.52. The molecule has 0 aliphatic heterocycles. The van der Waals surface area contributed by atoms with Gasteiger partial charge in [0.15, 0.2) is 0 Å². The molecule has 4 aromatic rings. The van der Waals surface area contributed by atoms with Crippen molar-refractivity contribution in [2.75, 3.05) is 0 Å². The van der Waals surface area contributed by atoms with Crippen LogP contribution in [-0.2, 0) is 12.8 Å². The number of hydrogen-bond donors (Lipinski definition) is 1. The molecule has 4 aromatic carbocycles. The number of rotatable bonds is 4. The van der Waals surface area contributed by atoms with Crippen LogP contribution in [0.4, 0.5) is 0 Å². The molecule has 5 rings (SSSR count). The quantitative estimate of drug-likeness (QED) is 0.341. The summed E-state index contributed by atoms with van der Waals surface area (Å²) < 4.78 is 0. The van der Waals surface area contributed by atoms with Crippen molar-refractivity contribution in [2.45, 2.75) is 25.9 Å². The van der Waals surface area contributed by atoms with E-state index in [0.29, 0.717) is 0 Å². The molecule has 0 amide bonds. The Morgan fingerprint density at radius 3 is 1.70 bits per heavy atom. The van der Waals surface area contributed by atoms with E-state index < -0.39 is 13.8 Å². The van der Waals surface area contributed by atoms with E-state index in [0.717, 1.165) is 18.0 Å². The van der Waals surface area contributed by atoms with E-state index in [4.69, 9.17) is 0 Å². The van der Waals surface area contributed by atoms with Crippen molar-refractivity contribution in [1.82, 2.24) is 0 Å². The SMILES string of the molecule is C[Si](C)(O)c1ccc2c3c(ccc(P(=[Se])(c4ccccc4)c4ccccc4)c13)CC2. The molecule has 0 aromatic heterocycles. The maximum absolute atomic E-state index is 11.3. The van der Waals surface area contributed by atoms with Crippen LogP contribution in [0.3, 0.4) is 0 Å². The Bertz CT molecular complexity index is 1240. The first-order chi connectivity index (χ1) is 14.4. The van der Waals surface area contributed by atoms with E-state index in [-0.39, 0.29) is 0 Å². The molecule has 0 radical (unpaired) electrons. The summed E-state index contributed by atoms with van der Waals surface area (Å²) in [6, 6.07) is 30.9. The molecule has 150 valence electrons. The molecular weight excluding hydrogens is 466 g/mol. The predicted molar refractivity (Wildman–Crippen MR) is 135 cm³/mol. The molecule has 1 nitrogen and oxygen atoms in total. The van der Waals surface area contributed by atoms with Crippen molar-refractivity contribution in [3.8, 4) is 0 Å². The zero-order valence-corrected chi connectivity index (χ0v) is 20.9. The van der Waals surface area contributed by atoms with Crippen molar-refractivity contribution in [3.63, 3.8) is 0 Å². The summed E-state index contributed by atoms with van der Waals surface area (Å²) in [6.45, 7) is 4.08. The standard InChI is InChI=1S/C26H25OPSeSi/c1-30(2,27)24-18-16-20-14-13-19-15-17-23(26(24)25(19)20)28(29,21-9-5-3-6-10-21)22-11-7-4-8-12-22/h3-12,15-18,27H,13-14H2,1-2H3. The van der Waals surface area contributed by atoms with Crippen LogP contribution < -0.4 is 21.1 Å². The molecule has 1 aliphatic rings. The van der Waals surface area contributed by atoms with Gasteiger partial charge in [0.05, 0.1) is 0 Å². The first kappa shape index (κ1) is 20.2. The van der Waals surface area contributed by atoms with Gasteiger partial charge in [0.2, 0.25) is 0 Å². The summed E-state index contributed by atoms with van der Waals surface area (Å²) >= 11 is 3.71. The second kappa shape index (κ2) is 7.45. The van der Waals surface area contributed by atoms with Gasteiger partial charge in [-0.15, -0.1) is 0 Å². The second-order valence-corrected chi connectivity index (χ2v) is 18.4. The summed E-state index contributed by atoms with van der Waals surface area (Å²) in [6.07, 6.45) is 2.19. The fraction of sp³-hybridized carbons (Fsp3) is 0.154. The maximum atomic E-state index is 11.3. The summed E-state index contributed by atoms with van der Waals surface area (Å²) in [5.41, 5.74) is 0.860. The molecule has 0 bridgehead atoms. The molecule has 0 fully saturated rings. The van der Waals surface area contributed by atoms with Crippen LogP contribution in [0.2, 0.25) is 13.1 Å². The van der Waals surface area contributed by atoms with Gasteiger partial charge in [-0.2, -0.15) is 0 Å². The van der Waals surface area contributed by atoms with Crippen LogP contribution >= 0.6 is 5.51 Å².